The van der Waals surface area contributed by atoms with Crippen LogP contribution in [-0.4, -0.2) is 28.9 Å². The van der Waals surface area contributed by atoms with E-state index in [2.05, 4.69) is 18.1 Å². The van der Waals surface area contributed by atoms with Crippen LogP contribution in [-0.2, 0) is 10.5 Å². The van der Waals surface area contributed by atoms with Crippen LogP contribution in [0.25, 0.3) is 0 Å². The Hall–Kier alpha value is -2.95. The lowest BCUT2D eigenvalue weighted by Gasteiger charge is -2.27. The van der Waals surface area contributed by atoms with Gasteiger partial charge in [0.1, 0.15) is 17.2 Å². The highest BCUT2D eigenvalue weighted by molar-refractivity contribution is 5.87. The summed E-state index contributed by atoms with van der Waals surface area (Å²) in [5, 5.41) is 0. The molecule has 1 amide bonds. The molecule has 0 radical (unpaired) electrons. The minimum Gasteiger partial charge on any atom is -0.456 e. The second kappa shape index (κ2) is 9.31. The fraction of sp³-hybridized carbons (Fsp3) is 0.304. The number of nitrogens with zero attached hydrogens (tertiary/aromatic N) is 2. The van der Waals surface area contributed by atoms with Gasteiger partial charge in [0.05, 0.1) is 11.9 Å². The van der Waals surface area contributed by atoms with Crippen LogP contribution in [0.5, 0.6) is 5.75 Å². The predicted molar refractivity (Wildman–Crippen MR) is 111 cm³/mol. The first kappa shape index (κ1) is 21.4. The number of amides is 1. The summed E-state index contributed by atoms with van der Waals surface area (Å²) in [5.74, 6) is 0.887. The first-order valence-corrected chi connectivity index (χ1v) is 9.22. The van der Waals surface area contributed by atoms with E-state index in [0.29, 0.717) is 36.7 Å². The first-order chi connectivity index (χ1) is 13.3. The molecule has 1 aromatic heterocycles. The van der Waals surface area contributed by atoms with Gasteiger partial charge in [-0.1, -0.05) is 37.5 Å². The molecule has 0 bridgehead atoms. The van der Waals surface area contributed by atoms with Crippen molar-refractivity contribution >= 4 is 5.91 Å². The van der Waals surface area contributed by atoms with E-state index in [1.807, 2.05) is 31.2 Å². The molecule has 148 valence electrons. The molecule has 2 heterocycles. The molecule has 4 nitrogen and oxygen atoms in total. The van der Waals surface area contributed by atoms with Crippen LogP contribution in [0.4, 0.5) is 4.39 Å². The zero-order chi connectivity index (χ0) is 20.7. The fourth-order valence-electron chi connectivity index (χ4n) is 2.80. The van der Waals surface area contributed by atoms with Gasteiger partial charge < -0.3 is 9.64 Å². The standard InChI is InChI=1S/C23H27FN2O2/c1-6-8-9-20(18-12-14-26(15-13-18)22(27)7-2)17(3)28-19-10-11-21(25-16-19)23(4,5)24/h6-12,16H,2-3,13-15H2,1,4-5H3/b8-6-,20-9+. The minimum absolute atomic E-state index is 0.0775. The van der Waals surface area contributed by atoms with Crippen molar-refractivity contribution in [2.45, 2.75) is 32.9 Å². The smallest absolute Gasteiger partial charge is 0.246 e. The summed E-state index contributed by atoms with van der Waals surface area (Å²) in [7, 11) is 0. The van der Waals surface area contributed by atoms with E-state index in [1.165, 1.54) is 26.1 Å². The van der Waals surface area contributed by atoms with Crippen LogP contribution in [0.2, 0.25) is 0 Å². The molecule has 5 heteroatoms. The third-order valence-electron chi connectivity index (χ3n) is 4.38. The Labute approximate surface area is 166 Å². The van der Waals surface area contributed by atoms with Crippen molar-refractivity contribution in [3.63, 3.8) is 0 Å². The Balaban J connectivity index is 2.17. The van der Waals surface area contributed by atoms with Gasteiger partial charge in [-0.25, -0.2) is 4.39 Å². The van der Waals surface area contributed by atoms with Crippen molar-refractivity contribution in [3.8, 4) is 5.75 Å². The highest BCUT2D eigenvalue weighted by atomic mass is 19.1. The molecule has 28 heavy (non-hydrogen) atoms. The molecule has 0 unspecified atom stereocenters. The Kier molecular flexibility index (Phi) is 7.10. The number of carbonyl (C=O) groups is 1. The summed E-state index contributed by atoms with van der Waals surface area (Å²) in [6, 6.07) is 3.29. The normalized spacial score (nSPS) is 15.4. The molecule has 0 fully saturated rings. The zero-order valence-corrected chi connectivity index (χ0v) is 16.7. The molecule has 0 atom stereocenters. The lowest BCUT2D eigenvalue weighted by Crippen LogP contribution is -2.33. The third kappa shape index (κ3) is 5.52. The van der Waals surface area contributed by atoms with Gasteiger partial charge in [0, 0.05) is 18.7 Å². The van der Waals surface area contributed by atoms with Gasteiger partial charge >= 0.3 is 0 Å². The fourth-order valence-corrected chi connectivity index (χ4v) is 2.80. The van der Waals surface area contributed by atoms with Crippen molar-refractivity contribution in [2.75, 3.05) is 13.1 Å². The van der Waals surface area contributed by atoms with Crippen molar-refractivity contribution < 1.29 is 13.9 Å². The molecule has 0 saturated carbocycles. The van der Waals surface area contributed by atoms with Crippen molar-refractivity contribution in [1.29, 1.82) is 0 Å². The lowest BCUT2D eigenvalue weighted by atomic mass is 9.97. The highest BCUT2D eigenvalue weighted by Gasteiger charge is 2.21. The van der Waals surface area contributed by atoms with Crippen molar-refractivity contribution in [2.24, 2.45) is 0 Å². The van der Waals surface area contributed by atoms with Crippen LogP contribution >= 0.6 is 0 Å². The number of rotatable bonds is 7. The molecule has 1 aliphatic rings. The maximum atomic E-state index is 14.0. The van der Waals surface area contributed by atoms with Crippen LogP contribution < -0.4 is 4.74 Å². The molecule has 1 aliphatic heterocycles. The second-order valence-corrected chi connectivity index (χ2v) is 6.95. The summed E-state index contributed by atoms with van der Waals surface area (Å²) in [4.78, 5) is 17.6. The number of allylic oxidation sites excluding steroid dienone is 4. The maximum Gasteiger partial charge on any atom is 0.246 e. The predicted octanol–water partition coefficient (Wildman–Crippen LogP) is 5.03. The average molecular weight is 382 g/mol. The van der Waals surface area contributed by atoms with Gasteiger partial charge in [-0.05, 0) is 51.0 Å². The maximum absolute atomic E-state index is 14.0. The number of hydrogen-bond acceptors (Lipinski definition) is 3. The van der Waals surface area contributed by atoms with Gasteiger partial charge in [-0.2, -0.15) is 0 Å². The highest BCUT2D eigenvalue weighted by Crippen LogP contribution is 2.28. The zero-order valence-electron chi connectivity index (χ0n) is 16.7. The quantitative estimate of drug-likeness (QED) is 0.377. The monoisotopic (exact) mass is 382 g/mol. The van der Waals surface area contributed by atoms with E-state index in [4.69, 9.17) is 4.74 Å². The number of alkyl halides is 1. The first-order valence-electron chi connectivity index (χ1n) is 9.22. The third-order valence-corrected chi connectivity index (χ3v) is 4.38. The Morgan fingerprint density at radius 2 is 2.14 bits per heavy atom. The molecule has 2 rings (SSSR count). The number of aromatic nitrogens is 1. The van der Waals surface area contributed by atoms with Crippen molar-refractivity contribution in [3.05, 3.63) is 84.5 Å². The molecule has 0 saturated heterocycles. The molecular formula is C23H27FN2O2. The van der Waals surface area contributed by atoms with Gasteiger partial charge in [-0.15, -0.1) is 0 Å². The molecule has 0 aromatic carbocycles. The van der Waals surface area contributed by atoms with Gasteiger partial charge in [-0.3, -0.25) is 9.78 Å². The van der Waals surface area contributed by atoms with Crippen LogP contribution in [0.15, 0.2) is 78.8 Å². The molecule has 0 aliphatic carbocycles. The summed E-state index contributed by atoms with van der Waals surface area (Å²) in [5.41, 5.74) is 0.759. The molecule has 1 aromatic rings. The van der Waals surface area contributed by atoms with Gasteiger partial charge in [0.15, 0.2) is 0 Å². The topological polar surface area (TPSA) is 42.4 Å². The largest absolute Gasteiger partial charge is 0.456 e. The lowest BCUT2D eigenvalue weighted by molar-refractivity contribution is -0.125. The van der Waals surface area contributed by atoms with E-state index in [9.17, 15) is 9.18 Å². The number of carbonyl (C=O) groups excluding carboxylic acids is 1. The summed E-state index contributed by atoms with van der Waals surface area (Å²) < 4.78 is 19.8. The van der Waals surface area contributed by atoms with Gasteiger partial charge in [0.25, 0.3) is 0 Å². The van der Waals surface area contributed by atoms with E-state index in [0.717, 1.165) is 11.1 Å². The van der Waals surface area contributed by atoms with E-state index >= 15 is 0 Å². The summed E-state index contributed by atoms with van der Waals surface area (Å²) >= 11 is 0. The van der Waals surface area contributed by atoms with Crippen LogP contribution in [0, 0.1) is 0 Å². The molecular weight excluding hydrogens is 355 g/mol. The number of pyridine rings is 1. The van der Waals surface area contributed by atoms with Crippen LogP contribution in [0.1, 0.15) is 32.9 Å². The summed E-state index contributed by atoms with van der Waals surface area (Å²) in [6.45, 7) is 13.6. The van der Waals surface area contributed by atoms with E-state index < -0.39 is 5.67 Å². The van der Waals surface area contributed by atoms with Crippen LogP contribution in [0.3, 0.4) is 0 Å². The molecule has 0 spiro atoms. The summed E-state index contributed by atoms with van der Waals surface area (Å²) in [6.07, 6.45) is 11.3. The number of ether oxygens (including phenoxy) is 1. The number of hydrogen-bond donors (Lipinski definition) is 0. The number of halogens is 1. The Bertz CT molecular complexity index is 827. The van der Waals surface area contributed by atoms with E-state index in [-0.39, 0.29) is 5.91 Å². The Morgan fingerprint density at radius 3 is 2.64 bits per heavy atom. The van der Waals surface area contributed by atoms with Crippen molar-refractivity contribution in [1.82, 2.24) is 9.88 Å². The SMILES string of the molecule is C=CC(=O)N1CC=C(/C(=C/C=C\C)C(=C)Oc2ccc(C(C)(C)F)nc2)CC1. The van der Waals surface area contributed by atoms with Gasteiger partial charge in [0.2, 0.25) is 5.91 Å². The molecule has 0 N–H and O–H groups in total. The second-order valence-electron chi connectivity index (χ2n) is 6.95. The Morgan fingerprint density at radius 1 is 1.39 bits per heavy atom. The average Bonchev–Trinajstić information content (AvgIpc) is 2.68. The minimum atomic E-state index is -1.51. The van der Waals surface area contributed by atoms with E-state index in [1.54, 1.807) is 17.0 Å².